The number of carbonyl (C=O) groups excluding carboxylic acids is 1. The van der Waals surface area contributed by atoms with Crippen molar-refractivity contribution in [3.05, 3.63) is 76.1 Å². The van der Waals surface area contributed by atoms with Crippen LogP contribution in [0.1, 0.15) is 22.8 Å². The molecule has 0 atom stereocenters. The molecule has 128 valence electrons. The number of para-hydroxylation sites is 1. The van der Waals surface area contributed by atoms with Gasteiger partial charge in [-0.2, -0.15) is 0 Å². The van der Waals surface area contributed by atoms with Gasteiger partial charge in [-0.3, -0.25) is 4.79 Å². The van der Waals surface area contributed by atoms with Crippen molar-refractivity contribution in [2.24, 2.45) is 0 Å². The van der Waals surface area contributed by atoms with E-state index in [2.05, 4.69) is 0 Å². The second-order valence-electron chi connectivity index (χ2n) is 5.60. The Bertz CT molecular complexity index is 958. The Morgan fingerprint density at radius 1 is 1.08 bits per heavy atom. The summed E-state index contributed by atoms with van der Waals surface area (Å²) in [6.45, 7) is 2.71. The maximum Gasteiger partial charge on any atom is 0.343 e. The van der Waals surface area contributed by atoms with Gasteiger partial charge in [0.2, 0.25) is 5.43 Å². The highest BCUT2D eigenvalue weighted by atomic mass is 16.5. The minimum Gasteiger partial charge on any atom is -0.497 e. The topological polar surface area (TPSA) is 57.5 Å². The molecule has 0 N–H and O–H groups in total. The number of aromatic nitrogens is 1. The van der Waals surface area contributed by atoms with E-state index in [1.54, 1.807) is 37.6 Å². The number of benzene rings is 2. The number of ether oxygens (including phenoxy) is 2. The molecule has 0 aliphatic rings. The summed E-state index contributed by atoms with van der Waals surface area (Å²) in [6, 6.07) is 14.5. The van der Waals surface area contributed by atoms with E-state index in [4.69, 9.17) is 9.47 Å². The Morgan fingerprint density at radius 2 is 1.80 bits per heavy atom. The van der Waals surface area contributed by atoms with Gasteiger partial charge in [0, 0.05) is 18.1 Å². The Hall–Kier alpha value is -3.08. The number of carbonyl (C=O) groups is 1. The fraction of sp³-hybridized carbons (Fsp3) is 0.200. The molecular formula is C20H19NO4. The highest BCUT2D eigenvalue weighted by molar-refractivity contribution is 5.93. The molecule has 0 fully saturated rings. The van der Waals surface area contributed by atoms with E-state index in [9.17, 15) is 9.59 Å². The number of pyridine rings is 1. The Balaban J connectivity index is 1.86. The second kappa shape index (κ2) is 7.21. The van der Waals surface area contributed by atoms with Crippen molar-refractivity contribution in [1.29, 1.82) is 0 Å². The minimum absolute atomic E-state index is 0.0501. The smallest absolute Gasteiger partial charge is 0.343 e. The molecule has 5 heteroatoms. The first-order valence-electron chi connectivity index (χ1n) is 8.06. The Labute approximate surface area is 145 Å². The second-order valence-corrected chi connectivity index (χ2v) is 5.60. The van der Waals surface area contributed by atoms with Gasteiger partial charge in [0.1, 0.15) is 17.9 Å². The molecule has 0 amide bonds. The van der Waals surface area contributed by atoms with Crippen molar-refractivity contribution in [1.82, 2.24) is 4.57 Å². The maximum absolute atomic E-state index is 12.6. The van der Waals surface area contributed by atoms with Crippen molar-refractivity contribution in [2.75, 3.05) is 7.11 Å². The molecule has 0 bridgehead atoms. The number of hydrogen-bond acceptors (Lipinski definition) is 4. The molecule has 0 aliphatic carbocycles. The highest BCUT2D eigenvalue weighted by Gasteiger charge is 2.16. The van der Waals surface area contributed by atoms with Crippen LogP contribution >= 0.6 is 0 Å². The van der Waals surface area contributed by atoms with Crippen LogP contribution in [0.25, 0.3) is 10.9 Å². The summed E-state index contributed by atoms with van der Waals surface area (Å²) < 4.78 is 12.3. The van der Waals surface area contributed by atoms with Gasteiger partial charge in [0.15, 0.2) is 0 Å². The molecule has 0 radical (unpaired) electrons. The first kappa shape index (κ1) is 16.8. The van der Waals surface area contributed by atoms with Crippen LogP contribution < -0.4 is 10.2 Å². The third-order valence-corrected chi connectivity index (χ3v) is 4.08. The average Bonchev–Trinajstić information content (AvgIpc) is 2.67. The molecule has 3 aromatic rings. The average molecular weight is 337 g/mol. The lowest BCUT2D eigenvalue weighted by Gasteiger charge is -2.11. The predicted molar refractivity (Wildman–Crippen MR) is 96.0 cm³/mol. The molecule has 5 nitrogen and oxygen atoms in total. The van der Waals surface area contributed by atoms with Crippen LogP contribution in [-0.2, 0) is 17.9 Å². The highest BCUT2D eigenvalue weighted by Crippen LogP contribution is 2.14. The summed E-state index contributed by atoms with van der Waals surface area (Å²) in [7, 11) is 1.59. The molecule has 0 saturated carbocycles. The predicted octanol–water partition coefficient (Wildman–Crippen LogP) is 3.39. The Kier molecular flexibility index (Phi) is 4.84. The van der Waals surface area contributed by atoms with Crippen LogP contribution in [-0.4, -0.2) is 17.6 Å². The number of esters is 1. The minimum atomic E-state index is -0.617. The van der Waals surface area contributed by atoms with Crippen LogP contribution in [0.3, 0.4) is 0 Å². The van der Waals surface area contributed by atoms with E-state index in [0.717, 1.165) is 16.8 Å². The van der Waals surface area contributed by atoms with Crippen LogP contribution in [0, 0.1) is 0 Å². The summed E-state index contributed by atoms with van der Waals surface area (Å²) >= 11 is 0. The molecule has 0 aliphatic heterocycles. The molecule has 1 heterocycles. The zero-order chi connectivity index (χ0) is 17.8. The molecule has 0 saturated heterocycles. The van der Waals surface area contributed by atoms with Crippen molar-refractivity contribution in [2.45, 2.75) is 20.1 Å². The van der Waals surface area contributed by atoms with Crippen LogP contribution in [0.15, 0.2) is 59.5 Å². The maximum atomic E-state index is 12.6. The zero-order valence-electron chi connectivity index (χ0n) is 14.2. The summed E-state index contributed by atoms with van der Waals surface area (Å²) in [4.78, 5) is 25.0. The normalized spacial score (nSPS) is 10.6. The zero-order valence-corrected chi connectivity index (χ0v) is 14.2. The molecular weight excluding hydrogens is 318 g/mol. The van der Waals surface area contributed by atoms with Crippen molar-refractivity contribution >= 4 is 16.9 Å². The summed E-state index contributed by atoms with van der Waals surface area (Å²) in [6.07, 6.45) is 1.57. The van der Waals surface area contributed by atoms with Gasteiger partial charge in [-0.25, -0.2) is 4.79 Å². The lowest BCUT2D eigenvalue weighted by Crippen LogP contribution is -2.20. The molecule has 1 aromatic heterocycles. The van der Waals surface area contributed by atoms with Gasteiger partial charge in [0.05, 0.1) is 12.6 Å². The van der Waals surface area contributed by atoms with Crippen LogP contribution in [0.4, 0.5) is 0 Å². The van der Waals surface area contributed by atoms with Crippen molar-refractivity contribution in [3.8, 4) is 5.75 Å². The van der Waals surface area contributed by atoms with E-state index in [1.165, 1.54) is 0 Å². The van der Waals surface area contributed by atoms with E-state index in [0.29, 0.717) is 11.9 Å². The van der Waals surface area contributed by atoms with Gasteiger partial charge >= 0.3 is 5.97 Å². The first-order chi connectivity index (χ1) is 12.1. The quantitative estimate of drug-likeness (QED) is 0.670. The van der Waals surface area contributed by atoms with Gasteiger partial charge in [-0.1, -0.05) is 24.3 Å². The van der Waals surface area contributed by atoms with Crippen LogP contribution in [0.2, 0.25) is 0 Å². The number of hydrogen-bond donors (Lipinski definition) is 0. The monoisotopic (exact) mass is 337 g/mol. The number of fused-ring (bicyclic) bond motifs is 1. The number of rotatable bonds is 5. The molecule has 25 heavy (non-hydrogen) atoms. The lowest BCUT2D eigenvalue weighted by molar-refractivity contribution is 0.0470. The number of aryl methyl sites for hydroxylation is 1. The fourth-order valence-corrected chi connectivity index (χ4v) is 2.70. The molecule has 3 rings (SSSR count). The third kappa shape index (κ3) is 3.40. The lowest BCUT2D eigenvalue weighted by atomic mass is 10.1. The third-order valence-electron chi connectivity index (χ3n) is 4.08. The van der Waals surface area contributed by atoms with Gasteiger partial charge in [-0.05, 0) is 36.8 Å². The van der Waals surface area contributed by atoms with E-state index >= 15 is 0 Å². The fourth-order valence-electron chi connectivity index (χ4n) is 2.70. The summed E-state index contributed by atoms with van der Waals surface area (Å²) in [5, 5.41) is 0.517. The standard InChI is InChI=1S/C20H19NO4/c1-3-21-12-17(19(22)16-6-4-5-7-18(16)21)20(23)25-13-14-8-10-15(24-2)11-9-14/h4-12H,3,13H2,1-2H3. The van der Waals surface area contributed by atoms with Gasteiger partial charge < -0.3 is 14.0 Å². The van der Waals surface area contributed by atoms with E-state index in [1.807, 2.05) is 35.8 Å². The van der Waals surface area contributed by atoms with Crippen molar-refractivity contribution < 1.29 is 14.3 Å². The largest absolute Gasteiger partial charge is 0.497 e. The molecule has 0 spiro atoms. The van der Waals surface area contributed by atoms with Crippen LogP contribution in [0.5, 0.6) is 5.75 Å². The summed E-state index contributed by atoms with van der Waals surface area (Å²) in [5.74, 6) is 0.115. The molecule has 2 aromatic carbocycles. The first-order valence-corrected chi connectivity index (χ1v) is 8.06. The number of nitrogens with zero attached hydrogens (tertiary/aromatic N) is 1. The molecule has 0 unspecified atom stereocenters. The SMILES string of the molecule is CCn1cc(C(=O)OCc2ccc(OC)cc2)c(=O)c2ccccc21. The van der Waals surface area contributed by atoms with E-state index < -0.39 is 5.97 Å². The number of methoxy groups -OCH3 is 1. The Morgan fingerprint density at radius 3 is 2.48 bits per heavy atom. The van der Waals surface area contributed by atoms with Gasteiger partial charge in [-0.15, -0.1) is 0 Å². The van der Waals surface area contributed by atoms with E-state index in [-0.39, 0.29) is 17.6 Å². The van der Waals surface area contributed by atoms with Gasteiger partial charge in [0.25, 0.3) is 0 Å². The summed E-state index contributed by atoms with van der Waals surface area (Å²) in [5.41, 5.74) is 1.38. The van der Waals surface area contributed by atoms with Crippen molar-refractivity contribution in [3.63, 3.8) is 0 Å².